The van der Waals surface area contributed by atoms with Crippen molar-refractivity contribution in [3.8, 4) is 17.1 Å². The van der Waals surface area contributed by atoms with Crippen molar-refractivity contribution < 1.29 is 13.5 Å². The van der Waals surface area contributed by atoms with Crippen molar-refractivity contribution in [1.82, 2.24) is 20.2 Å². The van der Waals surface area contributed by atoms with E-state index in [1.807, 2.05) is 31.2 Å². The highest BCUT2D eigenvalue weighted by Crippen LogP contribution is 2.18. The molecule has 0 atom stereocenters. The molecule has 7 heteroatoms. The Hall–Kier alpha value is -2.83. The Bertz CT molecular complexity index is 818. The van der Waals surface area contributed by atoms with Gasteiger partial charge in [0.15, 0.2) is 11.6 Å². The highest BCUT2D eigenvalue weighted by molar-refractivity contribution is 5.55. The number of aromatic nitrogens is 4. The molecule has 0 saturated heterocycles. The molecular formula is C17H16F2N4O. The van der Waals surface area contributed by atoms with Gasteiger partial charge in [-0.1, -0.05) is 6.07 Å². The van der Waals surface area contributed by atoms with Gasteiger partial charge in [0.25, 0.3) is 0 Å². The fourth-order valence-electron chi connectivity index (χ4n) is 2.24. The van der Waals surface area contributed by atoms with E-state index in [4.69, 9.17) is 4.74 Å². The molecule has 3 rings (SSSR count). The number of hydrogen-bond donors (Lipinski definition) is 0. The Kier molecular flexibility index (Phi) is 4.79. The Morgan fingerprint density at radius 3 is 2.54 bits per heavy atom. The second-order valence-electron chi connectivity index (χ2n) is 5.16. The summed E-state index contributed by atoms with van der Waals surface area (Å²) in [4.78, 5) is 1.44. The van der Waals surface area contributed by atoms with Crippen molar-refractivity contribution in [1.29, 1.82) is 0 Å². The van der Waals surface area contributed by atoms with Crippen LogP contribution in [0, 0.1) is 11.6 Å². The molecular weight excluding hydrogens is 314 g/mol. The van der Waals surface area contributed by atoms with Gasteiger partial charge in [0.2, 0.25) is 5.82 Å². The molecule has 0 aliphatic carbocycles. The van der Waals surface area contributed by atoms with E-state index in [1.165, 1.54) is 10.9 Å². The van der Waals surface area contributed by atoms with Crippen molar-refractivity contribution in [2.24, 2.45) is 0 Å². The van der Waals surface area contributed by atoms with Crippen LogP contribution >= 0.6 is 0 Å². The third-order valence-electron chi connectivity index (χ3n) is 3.46. The van der Waals surface area contributed by atoms with Crippen LogP contribution < -0.4 is 4.74 Å². The minimum Gasteiger partial charge on any atom is -0.494 e. The molecule has 5 nitrogen and oxygen atoms in total. The molecule has 1 aromatic heterocycles. The van der Waals surface area contributed by atoms with Crippen LogP contribution in [0.15, 0.2) is 42.5 Å². The van der Waals surface area contributed by atoms with E-state index in [0.717, 1.165) is 17.4 Å². The molecule has 0 fully saturated rings. The predicted molar refractivity (Wildman–Crippen MR) is 84.5 cm³/mol. The summed E-state index contributed by atoms with van der Waals surface area (Å²) in [6.07, 6.45) is 0.482. The molecule has 0 amide bonds. The molecule has 0 saturated carbocycles. The maximum atomic E-state index is 13.2. The highest BCUT2D eigenvalue weighted by atomic mass is 19.2. The fourth-order valence-corrected chi connectivity index (χ4v) is 2.24. The summed E-state index contributed by atoms with van der Waals surface area (Å²) in [7, 11) is 0. The van der Waals surface area contributed by atoms with Crippen molar-refractivity contribution >= 4 is 0 Å². The molecule has 24 heavy (non-hydrogen) atoms. The lowest BCUT2D eigenvalue weighted by Crippen LogP contribution is -2.05. The second-order valence-corrected chi connectivity index (χ2v) is 5.16. The molecule has 124 valence electrons. The topological polar surface area (TPSA) is 52.8 Å². The predicted octanol–water partition coefficient (Wildman–Crippen LogP) is 3.26. The van der Waals surface area contributed by atoms with Crippen molar-refractivity contribution in [3.05, 3.63) is 59.7 Å². The second kappa shape index (κ2) is 7.16. The summed E-state index contributed by atoms with van der Waals surface area (Å²) >= 11 is 0. The molecule has 1 heterocycles. The van der Waals surface area contributed by atoms with Crippen LogP contribution in [0.5, 0.6) is 5.75 Å². The number of aryl methyl sites for hydroxylation is 2. The molecule has 2 aromatic carbocycles. The number of benzene rings is 2. The summed E-state index contributed by atoms with van der Waals surface area (Å²) in [5.41, 5.74) is 1.51. The molecule has 0 bridgehead atoms. The Morgan fingerprint density at radius 1 is 1.04 bits per heavy atom. The van der Waals surface area contributed by atoms with Gasteiger partial charge in [-0.2, -0.15) is 4.80 Å². The number of ether oxygens (including phenoxy) is 1. The van der Waals surface area contributed by atoms with Crippen molar-refractivity contribution in [2.75, 3.05) is 6.61 Å². The molecule has 0 aliphatic heterocycles. The van der Waals surface area contributed by atoms with Gasteiger partial charge in [-0.15, -0.1) is 10.2 Å². The van der Waals surface area contributed by atoms with Gasteiger partial charge in [-0.3, -0.25) is 0 Å². The van der Waals surface area contributed by atoms with E-state index >= 15 is 0 Å². The summed E-state index contributed by atoms with van der Waals surface area (Å²) in [5, 5.41) is 12.3. The SMILES string of the molecule is CCOc1ccc(-c2nnn(CCc3ccc(F)c(F)c3)n2)cc1. The number of tetrazole rings is 1. The van der Waals surface area contributed by atoms with Gasteiger partial charge in [-0.05, 0) is 60.5 Å². The van der Waals surface area contributed by atoms with Gasteiger partial charge >= 0.3 is 0 Å². The maximum Gasteiger partial charge on any atom is 0.204 e. The zero-order chi connectivity index (χ0) is 16.9. The van der Waals surface area contributed by atoms with E-state index < -0.39 is 11.6 Å². The fraction of sp³-hybridized carbons (Fsp3) is 0.235. The first kappa shape index (κ1) is 16.0. The first-order valence-corrected chi connectivity index (χ1v) is 7.60. The minimum absolute atomic E-state index is 0.426. The zero-order valence-corrected chi connectivity index (χ0v) is 13.1. The average Bonchev–Trinajstić information content (AvgIpc) is 3.06. The van der Waals surface area contributed by atoms with Crippen LogP contribution in [0.4, 0.5) is 8.78 Å². The van der Waals surface area contributed by atoms with Gasteiger partial charge in [0.05, 0.1) is 13.2 Å². The largest absolute Gasteiger partial charge is 0.494 e. The highest BCUT2D eigenvalue weighted by Gasteiger charge is 2.07. The number of hydrogen-bond acceptors (Lipinski definition) is 4. The lowest BCUT2D eigenvalue weighted by Gasteiger charge is -2.02. The number of halogens is 2. The van der Waals surface area contributed by atoms with Crippen LogP contribution in [0.3, 0.4) is 0 Å². The van der Waals surface area contributed by atoms with Crippen molar-refractivity contribution in [3.63, 3.8) is 0 Å². The van der Waals surface area contributed by atoms with Crippen LogP contribution in [-0.2, 0) is 13.0 Å². The molecule has 0 radical (unpaired) electrons. The molecule has 0 spiro atoms. The van der Waals surface area contributed by atoms with E-state index in [-0.39, 0.29) is 0 Å². The van der Waals surface area contributed by atoms with Gasteiger partial charge in [0.1, 0.15) is 5.75 Å². The third kappa shape index (κ3) is 3.73. The molecule has 0 aliphatic rings. The summed E-state index contributed by atoms with van der Waals surface area (Å²) in [6, 6.07) is 11.3. The first-order chi connectivity index (χ1) is 11.7. The van der Waals surface area contributed by atoms with Crippen LogP contribution in [0.2, 0.25) is 0 Å². The number of nitrogens with zero attached hydrogens (tertiary/aromatic N) is 4. The van der Waals surface area contributed by atoms with Gasteiger partial charge in [0, 0.05) is 5.56 Å². The van der Waals surface area contributed by atoms with E-state index in [0.29, 0.717) is 31.0 Å². The van der Waals surface area contributed by atoms with E-state index in [2.05, 4.69) is 15.4 Å². The maximum absolute atomic E-state index is 13.2. The Labute approximate surface area is 137 Å². The lowest BCUT2D eigenvalue weighted by atomic mass is 10.1. The number of rotatable bonds is 6. The van der Waals surface area contributed by atoms with E-state index in [9.17, 15) is 8.78 Å². The Balaban J connectivity index is 1.65. The normalized spacial score (nSPS) is 10.8. The Morgan fingerprint density at radius 2 is 1.83 bits per heavy atom. The summed E-state index contributed by atoms with van der Waals surface area (Å²) in [5.74, 6) is -0.417. The smallest absolute Gasteiger partial charge is 0.204 e. The van der Waals surface area contributed by atoms with Crippen molar-refractivity contribution in [2.45, 2.75) is 19.9 Å². The minimum atomic E-state index is -0.853. The zero-order valence-electron chi connectivity index (χ0n) is 13.1. The standard InChI is InChI=1S/C17H16F2N4O/c1-2-24-14-6-4-13(5-7-14)17-20-22-23(21-17)10-9-12-3-8-15(18)16(19)11-12/h3-8,11H,2,9-10H2,1H3. The van der Waals surface area contributed by atoms with E-state index in [1.54, 1.807) is 6.07 Å². The third-order valence-corrected chi connectivity index (χ3v) is 3.46. The van der Waals surface area contributed by atoms with Gasteiger partial charge in [-0.25, -0.2) is 8.78 Å². The van der Waals surface area contributed by atoms with Crippen LogP contribution in [0.25, 0.3) is 11.4 Å². The quantitative estimate of drug-likeness (QED) is 0.696. The first-order valence-electron chi connectivity index (χ1n) is 7.60. The summed E-state index contributed by atoms with van der Waals surface area (Å²) in [6.45, 7) is 2.96. The van der Waals surface area contributed by atoms with Gasteiger partial charge < -0.3 is 4.74 Å². The molecule has 3 aromatic rings. The molecule has 0 unspecified atom stereocenters. The van der Waals surface area contributed by atoms with Crippen LogP contribution in [0.1, 0.15) is 12.5 Å². The summed E-state index contributed by atoms with van der Waals surface area (Å²) < 4.78 is 31.5. The van der Waals surface area contributed by atoms with Crippen LogP contribution in [-0.4, -0.2) is 26.8 Å². The molecule has 0 N–H and O–H groups in total. The lowest BCUT2D eigenvalue weighted by molar-refractivity contribution is 0.340. The average molecular weight is 330 g/mol. The monoisotopic (exact) mass is 330 g/mol.